The summed E-state index contributed by atoms with van der Waals surface area (Å²) in [6.45, 7) is 5.85. The molecule has 0 atom stereocenters. The Morgan fingerprint density at radius 2 is 2.13 bits per heavy atom. The second-order valence-corrected chi connectivity index (χ2v) is 6.37. The van der Waals surface area contributed by atoms with Crippen LogP contribution in [0, 0.1) is 6.92 Å². The van der Waals surface area contributed by atoms with Crippen LogP contribution in [0.2, 0.25) is 0 Å². The summed E-state index contributed by atoms with van der Waals surface area (Å²) in [7, 11) is 1.79. The van der Waals surface area contributed by atoms with E-state index in [1.165, 1.54) is 16.0 Å². The van der Waals surface area contributed by atoms with E-state index in [-0.39, 0.29) is 24.0 Å². The average Bonchev–Trinajstić information content (AvgIpc) is 2.99. The zero-order valence-corrected chi connectivity index (χ0v) is 17.1. The largest absolute Gasteiger partial charge is 0.356 e. The van der Waals surface area contributed by atoms with Crippen LogP contribution in [-0.4, -0.2) is 24.5 Å². The molecule has 0 saturated heterocycles. The second kappa shape index (κ2) is 10.6. The van der Waals surface area contributed by atoms with Crippen LogP contribution in [0.15, 0.2) is 35.5 Å². The Kier molecular flexibility index (Phi) is 9.16. The molecule has 2 aromatic rings. The number of guanidine groups is 1. The fourth-order valence-electron chi connectivity index (χ4n) is 2.17. The van der Waals surface area contributed by atoms with Gasteiger partial charge in [0.25, 0.3) is 0 Å². The monoisotopic (exact) mass is 444 g/mol. The Labute approximate surface area is 159 Å². The molecule has 1 aromatic heterocycles. The van der Waals surface area contributed by atoms with E-state index in [4.69, 9.17) is 0 Å². The summed E-state index contributed by atoms with van der Waals surface area (Å²) in [5.41, 5.74) is 2.64. The molecule has 126 valence electrons. The molecule has 0 saturated carbocycles. The predicted octanol–water partition coefficient (Wildman–Crippen LogP) is 3.54. The Balaban J connectivity index is 0.00000264. The molecule has 1 heterocycles. The maximum Gasteiger partial charge on any atom is 0.191 e. The summed E-state index contributed by atoms with van der Waals surface area (Å²) in [6.07, 6.45) is 3.98. The predicted molar refractivity (Wildman–Crippen MR) is 110 cm³/mol. The topological polar surface area (TPSA) is 49.3 Å². The fourth-order valence-corrected chi connectivity index (χ4v) is 2.97. The lowest BCUT2D eigenvalue weighted by Gasteiger charge is -2.11. The lowest BCUT2D eigenvalue weighted by atomic mass is 10.1. The van der Waals surface area contributed by atoms with Crippen LogP contribution in [0.25, 0.3) is 0 Å². The van der Waals surface area contributed by atoms with Crippen molar-refractivity contribution in [3.05, 3.63) is 51.5 Å². The van der Waals surface area contributed by atoms with E-state index in [0.29, 0.717) is 0 Å². The minimum Gasteiger partial charge on any atom is -0.356 e. The maximum atomic E-state index is 4.40. The van der Waals surface area contributed by atoms with Crippen molar-refractivity contribution in [3.8, 4) is 0 Å². The quantitative estimate of drug-likeness (QED) is 0.407. The molecule has 0 spiro atoms. The molecule has 0 aliphatic heterocycles. The van der Waals surface area contributed by atoms with Gasteiger partial charge in [-0.2, -0.15) is 0 Å². The minimum atomic E-state index is 0. The van der Waals surface area contributed by atoms with Crippen molar-refractivity contribution < 1.29 is 0 Å². The lowest BCUT2D eigenvalue weighted by Crippen LogP contribution is -2.37. The first kappa shape index (κ1) is 19.9. The van der Waals surface area contributed by atoms with Crippen LogP contribution in [0.4, 0.5) is 0 Å². The number of aromatic nitrogens is 1. The maximum absolute atomic E-state index is 4.40. The highest BCUT2D eigenvalue weighted by Gasteiger charge is 2.02. The summed E-state index contributed by atoms with van der Waals surface area (Å²) in [5, 5.41) is 7.75. The Hall–Kier alpha value is -1.15. The zero-order valence-electron chi connectivity index (χ0n) is 13.9. The van der Waals surface area contributed by atoms with Crippen LogP contribution in [0.3, 0.4) is 0 Å². The Morgan fingerprint density at radius 3 is 2.78 bits per heavy atom. The van der Waals surface area contributed by atoms with E-state index < -0.39 is 0 Å². The molecule has 0 bridgehead atoms. The zero-order chi connectivity index (χ0) is 15.8. The number of halogens is 1. The van der Waals surface area contributed by atoms with E-state index in [0.717, 1.165) is 36.9 Å². The molecule has 0 aliphatic carbocycles. The SMILES string of the molecule is CCc1cnc(CNC(=NC)NCCc2cccc(C)c2)s1.I. The second-order valence-electron chi connectivity index (χ2n) is 5.17. The molecule has 2 N–H and O–H groups in total. The van der Waals surface area contributed by atoms with Crippen molar-refractivity contribution in [1.82, 2.24) is 15.6 Å². The molecule has 1 aromatic carbocycles. The average molecular weight is 444 g/mol. The third kappa shape index (κ3) is 6.87. The van der Waals surface area contributed by atoms with Gasteiger partial charge in [-0.3, -0.25) is 4.99 Å². The van der Waals surface area contributed by atoms with E-state index in [1.54, 1.807) is 18.4 Å². The number of nitrogens with one attached hydrogen (secondary N) is 2. The summed E-state index contributed by atoms with van der Waals surface area (Å²) in [6, 6.07) is 8.61. The van der Waals surface area contributed by atoms with Gasteiger partial charge in [-0.15, -0.1) is 35.3 Å². The number of thiazole rings is 1. The van der Waals surface area contributed by atoms with Crippen LogP contribution >= 0.6 is 35.3 Å². The number of aryl methyl sites for hydroxylation is 2. The first-order valence-corrected chi connectivity index (χ1v) is 8.46. The van der Waals surface area contributed by atoms with E-state index in [2.05, 4.69) is 58.7 Å². The van der Waals surface area contributed by atoms with Gasteiger partial charge in [0.15, 0.2) is 5.96 Å². The molecule has 23 heavy (non-hydrogen) atoms. The summed E-state index contributed by atoms with van der Waals surface area (Å²) in [4.78, 5) is 9.97. The van der Waals surface area contributed by atoms with Gasteiger partial charge in [0.05, 0.1) is 6.54 Å². The van der Waals surface area contributed by atoms with E-state index in [1.807, 2.05) is 6.20 Å². The van der Waals surface area contributed by atoms with Crippen molar-refractivity contribution in [2.45, 2.75) is 33.2 Å². The molecule has 0 aliphatic rings. The first-order valence-electron chi connectivity index (χ1n) is 7.65. The Morgan fingerprint density at radius 1 is 1.30 bits per heavy atom. The highest BCUT2D eigenvalue weighted by Crippen LogP contribution is 2.12. The third-order valence-corrected chi connectivity index (χ3v) is 4.51. The molecule has 4 nitrogen and oxygen atoms in total. The highest BCUT2D eigenvalue weighted by atomic mass is 127. The molecule has 0 radical (unpaired) electrons. The molecular formula is C17H25IN4S. The molecule has 0 unspecified atom stereocenters. The summed E-state index contributed by atoms with van der Waals surface area (Å²) in [5.74, 6) is 0.820. The number of hydrogen-bond acceptors (Lipinski definition) is 3. The van der Waals surface area contributed by atoms with Crippen molar-refractivity contribution in [2.75, 3.05) is 13.6 Å². The van der Waals surface area contributed by atoms with Gasteiger partial charge in [-0.05, 0) is 25.3 Å². The van der Waals surface area contributed by atoms with Crippen molar-refractivity contribution in [1.29, 1.82) is 0 Å². The fraction of sp³-hybridized carbons (Fsp3) is 0.412. The normalized spacial score (nSPS) is 11.0. The molecule has 6 heteroatoms. The van der Waals surface area contributed by atoms with Crippen molar-refractivity contribution >= 4 is 41.3 Å². The van der Waals surface area contributed by atoms with Gasteiger partial charge in [0.1, 0.15) is 5.01 Å². The van der Waals surface area contributed by atoms with Gasteiger partial charge in [0, 0.05) is 24.7 Å². The van der Waals surface area contributed by atoms with E-state index >= 15 is 0 Å². The highest BCUT2D eigenvalue weighted by molar-refractivity contribution is 14.0. The Bertz CT molecular complexity index is 625. The standard InChI is InChI=1S/C17H24N4S.HI/c1-4-15-11-20-16(22-15)12-21-17(18-3)19-9-8-14-7-5-6-13(2)10-14;/h5-7,10-11H,4,8-9,12H2,1-3H3,(H2,18,19,21);1H. The minimum absolute atomic E-state index is 0. The first-order chi connectivity index (χ1) is 10.7. The van der Waals surface area contributed by atoms with E-state index in [9.17, 15) is 0 Å². The van der Waals surface area contributed by atoms with Crippen molar-refractivity contribution in [2.24, 2.45) is 4.99 Å². The van der Waals surface area contributed by atoms with Gasteiger partial charge in [-0.25, -0.2) is 4.98 Å². The molecule has 0 amide bonds. The number of benzene rings is 1. The lowest BCUT2D eigenvalue weighted by molar-refractivity contribution is 0.791. The summed E-state index contributed by atoms with van der Waals surface area (Å²) >= 11 is 1.75. The van der Waals surface area contributed by atoms with Crippen LogP contribution < -0.4 is 10.6 Å². The smallest absolute Gasteiger partial charge is 0.191 e. The van der Waals surface area contributed by atoms with Crippen molar-refractivity contribution in [3.63, 3.8) is 0 Å². The van der Waals surface area contributed by atoms with Gasteiger partial charge in [0.2, 0.25) is 0 Å². The molecule has 0 fully saturated rings. The summed E-state index contributed by atoms with van der Waals surface area (Å²) < 4.78 is 0. The van der Waals surface area contributed by atoms with Gasteiger partial charge < -0.3 is 10.6 Å². The number of rotatable bonds is 6. The molecule has 2 rings (SSSR count). The van der Waals surface area contributed by atoms with Crippen LogP contribution in [0.5, 0.6) is 0 Å². The number of hydrogen-bond donors (Lipinski definition) is 2. The molecular weight excluding hydrogens is 419 g/mol. The van der Waals surface area contributed by atoms with Crippen LogP contribution in [-0.2, 0) is 19.4 Å². The van der Waals surface area contributed by atoms with Crippen LogP contribution in [0.1, 0.15) is 27.9 Å². The van der Waals surface area contributed by atoms with Gasteiger partial charge >= 0.3 is 0 Å². The number of aliphatic imine (C=N–C) groups is 1. The van der Waals surface area contributed by atoms with Gasteiger partial charge in [-0.1, -0.05) is 36.8 Å². The number of nitrogens with zero attached hydrogens (tertiary/aromatic N) is 2. The third-order valence-electron chi connectivity index (χ3n) is 3.37.